The fraction of sp³-hybridized carbons (Fsp3) is 0.231. The molecule has 164 valence electrons. The molecule has 1 atom stereocenters. The summed E-state index contributed by atoms with van der Waals surface area (Å²) in [5.41, 5.74) is 2.56. The summed E-state index contributed by atoms with van der Waals surface area (Å²) in [6.07, 6.45) is 1.56. The van der Waals surface area contributed by atoms with Crippen LogP contribution in [0.1, 0.15) is 18.4 Å². The van der Waals surface area contributed by atoms with Crippen LogP contribution in [-0.2, 0) is 11.4 Å². The Bertz CT molecular complexity index is 1020. The molecule has 2 N–H and O–H groups in total. The zero-order chi connectivity index (χ0) is 22.2. The van der Waals surface area contributed by atoms with Gasteiger partial charge < -0.3 is 20.3 Å². The van der Waals surface area contributed by atoms with Gasteiger partial charge in [-0.1, -0.05) is 48.5 Å². The highest BCUT2D eigenvalue weighted by atomic mass is 16.5. The van der Waals surface area contributed by atoms with Crippen LogP contribution in [0.25, 0.3) is 0 Å². The molecule has 0 unspecified atom stereocenters. The average Bonchev–Trinajstić information content (AvgIpc) is 2.85. The van der Waals surface area contributed by atoms with Crippen LogP contribution in [0.2, 0.25) is 0 Å². The number of benzene rings is 3. The van der Waals surface area contributed by atoms with Gasteiger partial charge in [0.25, 0.3) is 0 Å². The van der Waals surface area contributed by atoms with Gasteiger partial charge in [-0.3, -0.25) is 4.79 Å². The molecule has 4 rings (SSSR count). The first-order valence-corrected chi connectivity index (χ1v) is 10.9. The Kier molecular flexibility index (Phi) is 7.02. The number of piperidine rings is 1. The summed E-state index contributed by atoms with van der Waals surface area (Å²) >= 11 is 0. The average molecular weight is 430 g/mol. The zero-order valence-electron chi connectivity index (χ0n) is 17.9. The van der Waals surface area contributed by atoms with Crippen LogP contribution >= 0.6 is 0 Å². The predicted molar refractivity (Wildman–Crippen MR) is 126 cm³/mol. The lowest BCUT2D eigenvalue weighted by Gasteiger charge is -2.32. The van der Waals surface area contributed by atoms with E-state index in [0.717, 1.165) is 29.8 Å². The Balaban J connectivity index is 1.28. The standard InChI is InChI=1S/C26H27N3O3/c30-25(21-10-7-17-29(18-21)26(31)28-22-11-5-2-6-12-22)27-23-13-15-24(16-14-23)32-19-20-8-3-1-4-9-20/h1-6,8-9,11-16,21H,7,10,17-19H2,(H,27,30)(H,28,31)/t21-/m1/s1. The van der Waals surface area contributed by atoms with Gasteiger partial charge in [0, 0.05) is 24.5 Å². The molecule has 32 heavy (non-hydrogen) atoms. The van der Waals surface area contributed by atoms with E-state index in [1.807, 2.05) is 84.9 Å². The molecule has 3 aromatic carbocycles. The monoisotopic (exact) mass is 429 g/mol. The highest BCUT2D eigenvalue weighted by molar-refractivity contribution is 5.94. The Labute approximate surface area is 188 Å². The molecule has 0 bridgehead atoms. The quantitative estimate of drug-likeness (QED) is 0.569. The van der Waals surface area contributed by atoms with Crippen molar-refractivity contribution >= 4 is 23.3 Å². The summed E-state index contributed by atoms with van der Waals surface area (Å²) in [5, 5.41) is 5.86. The molecule has 1 fully saturated rings. The first-order chi connectivity index (χ1) is 15.7. The summed E-state index contributed by atoms with van der Waals surface area (Å²) in [5.74, 6) is 0.438. The Morgan fingerprint density at radius 3 is 2.22 bits per heavy atom. The Morgan fingerprint density at radius 2 is 1.50 bits per heavy atom. The number of urea groups is 1. The van der Waals surface area contributed by atoms with Crippen LogP contribution in [-0.4, -0.2) is 29.9 Å². The maximum Gasteiger partial charge on any atom is 0.321 e. The number of carbonyl (C=O) groups excluding carboxylic acids is 2. The molecule has 3 amide bonds. The van der Waals surface area contributed by atoms with Crippen molar-refractivity contribution in [3.05, 3.63) is 90.5 Å². The van der Waals surface area contributed by atoms with Crippen molar-refractivity contribution in [2.45, 2.75) is 19.4 Å². The molecule has 1 heterocycles. The summed E-state index contributed by atoms with van der Waals surface area (Å²) in [7, 11) is 0. The number of hydrogen-bond donors (Lipinski definition) is 2. The fourth-order valence-corrected chi connectivity index (χ4v) is 3.72. The van der Waals surface area contributed by atoms with Crippen molar-refractivity contribution in [2.24, 2.45) is 5.92 Å². The first kappa shape index (κ1) is 21.4. The highest BCUT2D eigenvalue weighted by Crippen LogP contribution is 2.22. The van der Waals surface area contributed by atoms with Crippen LogP contribution in [0, 0.1) is 5.92 Å². The molecular weight excluding hydrogens is 402 g/mol. The number of rotatable bonds is 6. The van der Waals surface area contributed by atoms with Gasteiger partial charge >= 0.3 is 6.03 Å². The van der Waals surface area contributed by atoms with Gasteiger partial charge in [0.05, 0.1) is 5.92 Å². The van der Waals surface area contributed by atoms with Gasteiger partial charge in [0.2, 0.25) is 5.91 Å². The molecular formula is C26H27N3O3. The zero-order valence-corrected chi connectivity index (χ0v) is 17.9. The first-order valence-electron chi connectivity index (χ1n) is 10.9. The summed E-state index contributed by atoms with van der Waals surface area (Å²) in [4.78, 5) is 27.1. The molecule has 0 aliphatic carbocycles. The second-order valence-electron chi connectivity index (χ2n) is 7.87. The summed E-state index contributed by atoms with van der Waals surface area (Å²) in [6, 6.07) is 26.5. The van der Waals surface area contributed by atoms with Crippen LogP contribution in [0.5, 0.6) is 5.75 Å². The number of ether oxygens (including phenoxy) is 1. The topological polar surface area (TPSA) is 70.7 Å². The van der Waals surface area contributed by atoms with Crippen molar-refractivity contribution in [3.8, 4) is 5.75 Å². The van der Waals surface area contributed by atoms with Gasteiger partial charge in [-0.2, -0.15) is 0 Å². The van der Waals surface area contributed by atoms with E-state index in [9.17, 15) is 9.59 Å². The molecule has 1 saturated heterocycles. The summed E-state index contributed by atoms with van der Waals surface area (Å²) in [6.45, 7) is 1.55. The minimum atomic E-state index is -0.237. The van der Waals surface area contributed by atoms with Gasteiger partial charge in [-0.25, -0.2) is 4.79 Å². The fourth-order valence-electron chi connectivity index (χ4n) is 3.72. The number of nitrogens with zero attached hydrogens (tertiary/aromatic N) is 1. The minimum absolute atomic E-state index is 0.0693. The molecule has 0 saturated carbocycles. The van der Waals surface area contributed by atoms with Gasteiger partial charge in [-0.05, 0) is 54.8 Å². The lowest BCUT2D eigenvalue weighted by atomic mass is 9.97. The molecule has 0 radical (unpaired) electrons. The Hall–Kier alpha value is -3.80. The normalized spacial score (nSPS) is 15.6. The van der Waals surface area contributed by atoms with E-state index in [1.165, 1.54) is 0 Å². The van der Waals surface area contributed by atoms with E-state index in [-0.39, 0.29) is 17.9 Å². The molecule has 1 aliphatic rings. The molecule has 0 aromatic heterocycles. The largest absolute Gasteiger partial charge is 0.489 e. The van der Waals surface area contributed by atoms with Crippen molar-refractivity contribution in [3.63, 3.8) is 0 Å². The highest BCUT2D eigenvalue weighted by Gasteiger charge is 2.28. The number of likely N-dealkylation sites (tertiary alicyclic amines) is 1. The lowest BCUT2D eigenvalue weighted by molar-refractivity contribution is -0.121. The van der Waals surface area contributed by atoms with Crippen LogP contribution in [0.4, 0.5) is 16.2 Å². The second kappa shape index (κ2) is 10.5. The maximum atomic E-state index is 12.8. The number of para-hydroxylation sites is 1. The molecule has 6 nitrogen and oxygen atoms in total. The molecule has 3 aromatic rings. The number of amides is 3. The number of carbonyl (C=O) groups is 2. The smallest absolute Gasteiger partial charge is 0.321 e. The minimum Gasteiger partial charge on any atom is -0.489 e. The second-order valence-corrected chi connectivity index (χ2v) is 7.87. The van der Waals surface area contributed by atoms with Gasteiger partial charge in [0.1, 0.15) is 12.4 Å². The van der Waals surface area contributed by atoms with E-state index in [0.29, 0.717) is 25.4 Å². The van der Waals surface area contributed by atoms with Crippen LogP contribution in [0.3, 0.4) is 0 Å². The van der Waals surface area contributed by atoms with E-state index >= 15 is 0 Å². The lowest BCUT2D eigenvalue weighted by Crippen LogP contribution is -2.45. The van der Waals surface area contributed by atoms with Crippen LogP contribution < -0.4 is 15.4 Å². The number of hydrogen-bond acceptors (Lipinski definition) is 3. The van der Waals surface area contributed by atoms with E-state index in [4.69, 9.17) is 4.74 Å². The van der Waals surface area contributed by atoms with Crippen molar-refractivity contribution in [1.82, 2.24) is 4.90 Å². The maximum absolute atomic E-state index is 12.8. The molecule has 0 spiro atoms. The van der Waals surface area contributed by atoms with Gasteiger partial charge in [0.15, 0.2) is 0 Å². The summed E-state index contributed by atoms with van der Waals surface area (Å²) < 4.78 is 5.79. The van der Waals surface area contributed by atoms with E-state index in [1.54, 1.807) is 4.90 Å². The third-order valence-corrected chi connectivity index (χ3v) is 5.47. The van der Waals surface area contributed by atoms with Crippen molar-refractivity contribution < 1.29 is 14.3 Å². The number of nitrogens with one attached hydrogen (secondary N) is 2. The van der Waals surface area contributed by atoms with Crippen LogP contribution in [0.15, 0.2) is 84.9 Å². The predicted octanol–water partition coefficient (Wildman–Crippen LogP) is 5.15. The number of anilines is 2. The van der Waals surface area contributed by atoms with Crippen molar-refractivity contribution in [1.29, 1.82) is 0 Å². The van der Waals surface area contributed by atoms with Gasteiger partial charge in [-0.15, -0.1) is 0 Å². The SMILES string of the molecule is O=C(Nc1ccc(OCc2ccccc2)cc1)[C@@H]1CCCN(C(=O)Nc2ccccc2)C1. The Morgan fingerprint density at radius 1 is 0.844 bits per heavy atom. The molecule has 1 aliphatic heterocycles. The van der Waals surface area contributed by atoms with E-state index in [2.05, 4.69) is 10.6 Å². The van der Waals surface area contributed by atoms with E-state index < -0.39 is 0 Å². The third kappa shape index (κ3) is 5.88. The van der Waals surface area contributed by atoms with Crippen molar-refractivity contribution in [2.75, 3.05) is 23.7 Å². The third-order valence-electron chi connectivity index (χ3n) is 5.47. The molecule has 6 heteroatoms.